The molecule has 2 nitrogen and oxygen atoms in total. The highest BCUT2D eigenvalue weighted by Crippen LogP contribution is 2.34. The summed E-state index contributed by atoms with van der Waals surface area (Å²) in [5, 5.41) is 0. The van der Waals surface area contributed by atoms with Crippen LogP contribution < -0.4 is 10.6 Å². The number of nitrogens with two attached hydrogens (primary N) is 1. The van der Waals surface area contributed by atoms with E-state index in [1.165, 1.54) is 31.0 Å². The molecule has 2 aromatic rings. The zero-order valence-corrected chi connectivity index (χ0v) is 14.8. The highest BCUT2D eigenvalue weighted by Gasteiger charge is 2.19. The molecular formula is C16H21BrN2S. The Balaban J connectivity index is 2.35. The van der Waals surface area contributed by atoms with Crippen molar-refractivity contribution in [2.24, 2.45) is 5.73 Å². The van der Waals surface area contributed by atoms with Crippen LogP contribution in [0.1, 0.15) is 26.9 Å². The van der Waals surface area contributed by atoms with Gasteiger partial charge in [0.05, 0.1) is 6.04 Å². The van der Waals surface area contributed by atoms with Gasteiger partial charge in [0, 0.05) is 33.5 Å². The Hall–Kier alpha value is -0.840. The highest BCUT2D eigenvalue weighted by atomic mass is 79.9. The summed E-state index contributed by atoms with van der Waals surface area (Å²) in [5.41, 5.74) is 9.82. The lowest BCUT2D eigenvalue weighted by Crippen LogP contribution is -2.29. The molecule has 4 heteroatoms. The maximum Gasteiger partial charge on any atom is 0.0754 e. The molecule has 0 amide bonds. The number of halogens is 1. The maximum atomic E-state index is 6.03. The standard InChI is InChI=1S/C16H21BrN2S/c1-10-5-11(2)7-13(6-10)19(4)15(9-18)16-8-14(17)12(3)20-16/h5-8,15H,9,18H2,1-4H3. The summed E-state index contributed by atoms with van der Waals surface area (Å²) in [6.45, 7) is 7.00. The van der Waals surface area contributed by atoms with Crippen molar-refractivity contribution in [1.82, 2.24) is 0 Å². The summed E-state index contributed by atoms with van der Waals surface area (Å²) in [6, 6.07) is 9.03. The third kappa shape index (κ3) is 3.25. The van der Waals surface area contributed by atoms with Crippen LogP contribution in [0.4, 0.5) is 5.69 Å². The summed E-state index contributed by atoms with van der Waals surface area (Å²) in [5.74, 6) is 0. The van der Waals surface area contributed by atoms with Crippen molar-refractivity contribution in [2.75, 3.05) is 18.5 Å². The van der Waals surface area contributed by atoms with E-state index in [-0.39, 0.29) is 6.04 Å². The van der Waals surface area contributed by atoms with Crippen LogP contribution in [0.2, 0.25) is 0 Å². The summed E-state index contributed by atoms with van der Waals surface area (Å²) < 4.78 is 1.17. The fourth-order valence-electron chi connectivity index (χ4n) is 2.45. The van der Waals surface area contributed by atoms with Gasteiger partial charge >= 0.3 is 0 Å². The van der Waals surface area contributed by atoms with Crippen LogP contribution in [0, 0.1) is 20.8 Å². The Morgan fingerprint density at radius 2 is 1.75 bits per heavy atom. The second-order valence-corrected chi connectivity index (χ2v) is 7.40. The van der Waals surface area contributed by atoms with Crippen LogP contribution in [0.15, 0.2) is 28.7 Å². The molecule has 1 heterocycles. The fourth-order valence-corrected chi connectivity index (χ4v) is 4.16. The predicted molar refractivity (Wildman–Crippen MR) is 92.9 cm³/mol. The van der Waals surface area contributed by atoms with Gasteiger partial charge in [-0.05, 0) is 66.0 Å². The van der Waals surface area contributed by atoms with E-state index >= 15 is 0 Å². The van der Waals surface area contributed by atoms with Gasteiger partial charge in [-0.15, -0.1) is 11.3 Å². The molecule has 1 unspecified atom stereocenters. The van der Waals surface area contributed by atoms with Crippen LogP contribution in [0.5, 0.6) is 0 Å². The van der Waals surface area contributed by atoms with Gasteiger partial charge in [-0.25, -0.2) is 0 Å². The topological polar surface area (TPSA) is 29.3 Å². The summed E-state index contributed by atoms with van der Waals surface area (Å²) in [6.07, 6.45) is 0. The molecule has 1 aromatic carbocycles. The minimum Gasteiger partial charge on any atom is -0.365 e. The summed E-state index contributed by atoms with van der Waals surface area (Å²) in [7, 11) is 2.12. The number of rotatable bonds is 4. The van der Waals surface area contributed by atoms with Crippen molar-refractivity contribution in [2.45, 2.75) is 26.8 Å². The van der Waals surface area contributed by atoms with Gasteiger partial charge in [0.1, 0.15) is 0 Å². The number of aryl methyl sites for hydroxylation is 3. The Morgan fingerprint density at radius 3 is 2.20 bits per heavy atom. The zero-order chi connectivity index (χ0) is 14.9. The fraction of sp³-hybridized carbons (Fsp3) is 0.375. The van der Waals surface area contributed by atoms with E-state index in [0.717, 1.165) is 0 Å². The number of hydrogen-bond donors (Lipinski definition) is 1. The van der Waals surface area contributed by atoms with Crippen molar-refractivity contribution in [3.8, 4) is 0 Å². The van der Waals surface area contributed by atoms with Crippen LogP contribution in [0.25, 0.3) is 0 Å². The van der Waals surface area contributed by atoms with Crippen molar-refractivity contribution in [1.29, 1.82) is 0 Å². The van der Waals surface area contributed by atoms with Crippen LogP contribution in [-0.2, 0) is 0 Å². The first-order chi connectivity index (χ1) is 9.42. The van der Waals surface area contributed by atoms with E-state index in [9.17, 15) is 0 Å². The summed E-state index contributed by atoms with van der Waals surface area (Å²) in [4.78, 5) is 4.88. The monoisotopic (exact) mass is 352 g/mol. The first-order valence-electron chi connectivity index (χ1n) is 6.69. The lowest BCUT2D eigenvalue weighted by molar-refractivity contribution is 0.692. The number of benzene rings is 1. The van der Waals surface area contributed by atoms with Gasteiger partial charge in [-0.3, -0.25) is 0 Å². The largest absolute Gasteiger partial charge is 0.365 e. The Bertz CT molecular complexity index is 567. The third-order valence-electron chi connectivity index (χ3n) is 3.51. The molecule has 1 atom stereocenters. The smallest absolute Gasteiger partial charge is 0.0754 e. The Labute approximate surface area is 133 Å². The average molecular weight is 353 g/mol. The second-order valence-electron chi connectivity index (χ2n) is 5.26. The Kier molecular flexibility index (Phi) is 4.89. The first-order valence-corrected chi connectivity index (χ1v) is 8.30. The molecule has 0 fully saturated rings. The molecule has 108 valence electrons. The average Bonchev–Trinajstić information content (AvgIpc) is 2.69. The number of thiophene rings is 1. The van der Waals surface area contributed by atoms with Crippen LogP contribution in [0.3, 0.4) is 0 Å². The molecule has 2 rings (SSSR count). The molecule has 0 saturated heterocycles. The highest BCUT2D eigenvalue weighted by molar-refractivity contribution is 9.10. The molecule has 0 aliphatic heterocycles. The van der Waals surface area contributed by atoms with E-state index in [1.54, 1.807) is 0 Å². The predicted octanol–water partition coefficient (Wildman–Crippen LogP) is 4.57. The lowest BCUT2D eigenvalue weighted by atomic mass is 10.1. The van der Waals surface area contributed by atoms with Gasteiger partial charge in [-0.2, -0.15) is 0 Å². The molecular weight excluding hydrogens is 332 g/mol. The van der Waals surface area contributed by atoms with Crippen LogP contribution >= 0.6 is 27.3 Å². The molecule has 0 spiro atoms. The first kappa shape index (κ1) is 15.5. The number of nitrogens with zero attached hydrogens (tertiary/aromatic N) is 1. The van der Waals surface area contributed by atoms with Crippen molar-refractivity contribution < 1.29 is 0 Å². The van der Waals surface area contributed by atoms with Gasteiger partial charge < -0.3 is 10.6 Å². The van der Waals surface area contributed by atoms with Crippen molar-refractivity contribution in [3.05, 3.63) is 49.6 Å². The molecule has 2 N–H and O–H groups in total. The van der Waals surface area contributed by atoms with Gasteiger partial charge in [-0.1, -0.05) is 6.07 Å². The molecule has 0 bridgehead atoms. The molecule has 0 aliphatic rings. The molecule has 0 radical (unpaired) electrons. The van der Waals surface area contributed by atoms with E-state index in [1.807, 2.05) is 11.3 Å². The maximum absolute atomic E-state index is 6.03. The van der Waals surface area contributed by atoms with Gasteiger partial charge in [0.25, 0.3) is 0 Å². The molecule has 1 aromatic heterocycles. The van der Waals surface area contributed by atoms with E-state index in [2.05, 4.69) is 72.9 Å². The van der Waals surface area contributed by atoms with E-state index in [0.29, 0.717) is 6.54 Å². The number of hydrogen-bond acceptors (Lipinski definition) is 3. The quantitative estimate of drug-likeness (QED) is 0.872. The number of anilines is 1. The van der Waals surface area contributed by atoms with Crippen LogP contribution in [-0.4, -0.2) is 13.6 Å². The minimum atomic E-state index is 0.214. The zero-order valence-electron chi connectivity index (χ0n) is 12.4. The lowest BCUT2D eigenvalue weighted by Gasteiger charge is -2.29. The summed E-state index contributed by atoms with van der Waals surface area (Å²) >= 11 is 5.40. The SMILES string of the molecule is Cc1cc(C)cc(N(C)C(CN)c2cc(Br)c(C)s2)c1. The number of likely N-dealkylation sites (N-methyl/N-ethyl adjacent to an activating group) is 1. The van der Waals surface area contributed by atoms with E-state index < -0.39 is 0 Å². The molecule has 0 saturated carbocycles. The van der Waals surface area contributed by atoms with Crippen molar-refractivity contribution >= 4 is 33.0 Å². The molecule has 20 heavy (non-hydrogen) atoms. The molecule has 0 aliphatic carbocycles. The van der Waals surface area contributed by atoms with Crippen molar-refractivity contribution in [3.63, 3.8) is 0 Å². The van der Waals surface area contributed by atoms with E-state index in [4.69, 9.17) is 5.73 Å². The Morgan fingerprint density at radius 1 is 1.15 bits per heavy atom. The normalized spacial score (nSPS) is 12.5. The minimum absolute atomic E-state index is 0.214. The second kappa shape index (κ2) is 6.29. The van der Waals surface area contributed by atoms with Gasteiger partial charge in [0.15, 0.2) is 0 Å². The van der Waals surface area contributed by atoms with Gasteiger partial charge in [0.2, 0.25) is 0 Å². The third-order valence-corrected chi connectivity index (χ3v) is 5.75.